The monoisotopic (exact) mass is 244 g/mol. The van der Waals surface area contributed by atoms with Gasteiger partial charge in [-0.1, -0.05) is 11.6 Å². The maximum Gasteiger partial charge on any atom is 0.412 e. The van der Waals surface area contributed by atoms with Crippen molar-refractivity contribution >= 4 is 23.4 Å². The van der Waals surface area contributed by atoms with Gasteiger partial charge >= 0.3 is 6.09 Å². The number of nitrogens with one attached hydrogen (secondary N) is 1. The second-order valence-electron chi connectivity index (χ2n) is 4.16. The van der Waals surface area contributed by atoms with Gasteiger partial charge in [0.05, 0.1) is 11.9 Å². The largest absolute Gasteiger partial charge is 0.506 e. The van der Waals surface area contributed by atoms with Crippen LogP contribution < -0.4 is 5.32 Å². The number of rotatable bonds is 1. The summed E-state index contributed by atoms with van der Waals surface area (Å²) in [7, 11) is 0. The van der Waals surface area contributed by atoms with Crippen LogP contribution in [0.2, 0.25) is 5.15 Å². The minimum Gasteiger partial charge on any atom is -0.506 e. The van der Waals surface area contributed by atoms with E-state index in [0.29, 0.717) is 0 Å². The number of aromatic hydroxyl groups is 1. The zero-order valence-corrected chi connectivity index (χ0v) is 10.00. The minimum atomic E-state index is -0.651. The van der Waals surface area contributed by atoms with Crippen molar-refractivity contribution in [1.82, 2.24) is 4.98 Å². The molecule has 6 heteroatoms. The molecule has 0 bridgehead atoms. The lowest BCUT2D eigenvalue weighted by Gasteiger charge is -2.19. The number of anilines is 1. The SMILES string of the molecule is CC(C)(C)OC(=O)Nc1cc(O)cnc1Cl. The first kappa shape index (κ1) is 12.6. The van der Waals surface area contributed by atoms with Gasteiger partial charge in [0.1, 0.15) is 11.4 Å². The van der Waals surface area contributed by atoms with Crippen LogP contribution in [0, 0.1) is 0 Å². The first-order chi connectivity index (χ1) is 7.28. The van der Waals surface area contributed by atoms with Crippen molar-refractivity contribution in [3.05, 3.63) is 17.4 Å². The molecule has 16 heavy (non-hydrogen) atoms. The average Bonchev–Trinajstić information content (AvgIpc) is 2.08. The lowest BCUT2D eigenvalue weighted by molar-refractivity contribution is 0.0636. The molecule has 0 spiro atoms. The lowest BCUT2D eigenvalue weighted by atomic mass is 10.2. The molecule has 0 unspecified atom stereocenters. The quantitative estimate of drug-likeness (QED) is 0.745. The number of nitrogens with zero attached hydrogens (tertiary/aromatic N) is 1. The molecule has 0 aliphatic carbocycles. The van der Waals surface area contributed by atoms with Crippen molar-refractivity contribution < 1.29 is 14.6 Å². The Balaban J connectivity index is 2.73. The fraction of sp³-hybridized carbons (Fsp3) is 0.400. The van der Waals surface area contributed by atoms with Gasteiger partial charge in [-0.05, 0) is 20.8 Å². The Morgan fingerprint density at radius 1 is 1.56 bits per heavy atom. The molecule has 1 amide bonds. The van der Waals surface area contributed by atoms with E-state index < -0.39 is 11.7 Å². The normalized spacial score (nSPS) is 11.0. The predicted octanol–water partition coefficient (Wildman–Crippen LogP) is 2.79. The molecule has 0 saturated carbocycles. The summed E-state index contributed by atoms with van der Waals surface area (Å²) in [4.78, 5) is 15.1. The molecule has 5 nitrogen and oxygen atoms in total. The molecule has 0 fully saturated rings. The van der Waals surface area contributed by atoms with E-state index in [4.69, 9.17) is 21.4 Å². The third kappa shape index (κ3) is 3.94. The fourth-order valence-electron chi connectivity index (χ4n) is 0.938. The fourth-order valence-corrected chi connectivity index (χ4v) is 1.09. The summed E-state index contributed by atoms with van der Waals surface area (Å²) < 4.78 is 5.02. The van der Waals surface area contributed by atoms with Gasteiger partial charge in [-0.3, -0.25) is 5.32 Å². The van der Waals surface area contributed by atoms with Crippen molar-refractivity contribution in [3.63, 3.8) is 0 Å². The molecule has 88 valence electrons. The standard InChI is InChI=1S/C10H13ClN2O3/c1-10(2,3)16-9(15)13-7-4-6(14)5-12-8(7)11/h4-5,14H,1-3H3,(H,13,15). The topological polar surface area (TPSA) is 71.5 Å². The second kappa shape index (κ2) is 4.57. The molecule has 1 heterocycles. The Bertz CT molecular complexity index is 402. The maximum absolute atomic E-state index is 11.4. The van der Waals surface area contributed by atoms with Crippen molar-refractivity contribution in [2.75, 3.05) is 5.32 Å². The molecular weight excluding hydrogens is 232 g/mol. The summed E-state index contributed by atoms with van der Waals surface area (Å²) in [5.74, 6) is -0.0875. The molecule has 0 saturated heterocycles. The van der Waals surface area contributed by atoms with Gasteiger partial charge in [-0.2, -0.15) is 0 Å². The summed E-state index contributed by atoms with van der Waals surface area (Å²) in [6, 6.07) is 1.29. The molecule has 0 radical (unpaired) electrons. The first-order valence-corrected chi connectivity index (χ1v) is 5.00. The summed E-state index contributed by atoms with van der Waals surface area (Å²) in [5, 5.41) is 11.6. The van der Waals surface area contributed by atoms with Crippen LogP contribution in [0.25, 0.3) is 0 Å². The molecular formula is C10H13ClN2O3. The highest BCUT2D eigenvalue weighted by molar-refractivity contribution is 6.32. The molecule has 1 aromatic heterocycles. The van der Waals surface area contributed by atoms with Crippen molar-refractivity contribution in [3.8, 4) is 5.75 Å². The summed E-state index contributed by atoms with van der Waals surface area (Å²) in [6.45, 7) is 5.23. The smallest absolute Gasteiger partial charge is 0.412 e. The van der Waals surface area contributed by atoms with Crippen LogP contribution in [-0.2, 0) is 4.74 Å². The van der Waals surface area contributed by atoms with Crippen LogP contribution >= 0.6 is 11.6 Å². The molecule has 1 aromatic rings. The third-order valence-electron chi connectivity index (χ3n) is 1.46. The van der Waals surface area contributed by atoms with Gasteiger partial charge in [0.15, 0.2) is 5.15 Å². The molecule has 2 N–H and O–H groups in total. The first-order valence-electron chi connectivity index (χ1n) is 4.62. The maximum atomic E-state index is 11.4. The molecule has 0 aliphatic heterocycles. The Morgan fingerprint density at radius 3 is 2.75 bits per heavy atom. The zero-order chi connectivity index (χ0) is 12.3. The number of carbonyl (C=O) groups excluding carboxylic acids is 1. The van der Waals surface area contributed by atoms with Crippen molar-refractivity contribution in [2.45, 2.75) is 26.4 Å². The Morgan fingerprint density at radius 2 is 2.19 bits per heavy atom. The van der Waals surface area contributed by atoms with E-state index in [0.717, 1.165) is 0 Å². The van der Waals surface area contributed by atoms with E-state index in [1.807, 2.05) is 0 Å². The van der Waals surface area contributed by atoms with Crippen molar-refractivity contribution in [2.24, 2.45) is 0 Å². The number of aromatic nitrogens is 1. The molecule has 0 aromatic carbocycles. The van der Waals surface area contributed by atoms with E-state index >= 15 is 0 Å². The number of pyridine rings is 1. The van der Waals surface area contributed by atoms with Crippen LogP contribution in [0.15, 0.2) is 12.3 Å². The van der Waals surface area contributed by atoms with Gasteiger partial charge in [0.2, 0.25) is 0 Å². The van der Waals surface area contributed by atoms with Gasteiger partial charge in [0.25, 0.3) is 0 Å². The Hall–Kier alpha value is -1.49. The number of carbonyl (C=O) groups is 1. The number of halogens is 1. The predicted molar refractivity (Wildman–Crippen MR) is 60.8 cm³/mol. The van der Waals surface area contributed by atoms with E-state index in [9.17, 15) is 4.79 Å². The molecule has 0 aliphatic rings. The van der Waals surface area contributed by atoms with E-state index in [-0.39, 0.29) is 16.6 Å². The van der Waals surface area contributed by atoms with Gasteiger partial charge in [0, 0.05) is 6.07 Å². The number of ether oxygens (including phenoxy) is 1. The molecule has 1 rings (SSSR count). The third-order valence-corrected chi connectivity index (χ3v) is 1.76. The van der Waals surface area contributed by atoms with Crippen LogP contribution in [0.5, 0.6) is 5.75 Å². The van der Waals surface area contributed by atoms with Crippen LogP contribution in [-0.4, -0.2) is 21.8 Å². The van der Waals surface area contributed by atoms with Crippen LogP contribution in [0.1, 0.15) is 20.8 Å². The lowest BCUT2D eigenvalue weighted by Crippen LogP contribution is -2.27. The highest BCUT2D eigenvalue weighted by Gasteiger charge is 2.17. The average molecular weight is 245 g/mol. The zero-order valence-electron chi connectivity index (χ0n) is 9.24. The highest BCUT2D eigenvalue weighted by Crippen LogP contribution is 2.23. The van der Waals surface area contributed by atoms with Crippen LogP contribution in [0.3, 0.4) is 0 Å². The van der Waals surface area contributed by atoms with Gasteiger partial charge in [-0.15, -0.1) is 0 Å². The van der Waals surface area contributed by atoms with Crippen LogP contribution in [0.4, 0.5) is 10.5 Å². The Labute approximate surface area is 98.4 Å². The van der Waals surface area contributed by atoms with E-state index in [1.54, 1.807) is 20.8 Å². The summed E-state index contributed by atoms with van der Waals surface area (Å²) in [6.07, 6.45) is 0.532. The Kier molecular flexibility index (Phi) is 3.59. The van der Waals surface area contributed by atoms with Gasteiger partial charge in [-0.25, -0.2) is 9.78 Å². The summed E-state index contributed by atoms with van der Waals surface area (Å²) in [5.41, 5.74) is -0.392. The van der Waals surface area contributed by atoms with Gasteiger partial charge < -0.3 is 9.84 Å². The highest BCUT2D eigenvalue weighted by atomic mass is 35.5. The number of amides is 1. The minimum absolute atomic E-state index is 0.0867. The molecule has 0 atom stereocenters. The van der Waals surface area contributed by atoms with E-state index in [2.05, 4.69) is 10.3 Å². The summed E-state index contributed by atoms with van der Waals surface area (Å²) >= 11 is 5.72. The van der Waals surface area contributed by atoms with Crippen molar-refractivity contribution in [1.29, 1.82) is 0 Å². The van der Waals surface area contributed by atoms with E-state index in [1.165, 1.54) is 12.3 Å². The second-order valence-corrected chi connectivity index (χ2v) is 4.52. The number of hydrogen-bond donors (Lipinski definition) is 2. The number of hydrogen-bond acceptors (Lipinski definition) is 4.